The van der Waals surface area contributed by atoms with E-state index in [0.717, 1.165) is 45.9 Å². The second-order valence-electron chi connectivity index (χ2n) is 6.40. The molecule has 22 heavy (non-hydrogen) atoms. The molecule has 4 rings (SSSR count). The molecule has 0 radical (unpaired) electrons. The van der Waals surface area contributed by atoms with E-state index in [0.29, 0.717) is 11.8 Å². The van der Waals surface area contributed by atoms with Gasteiger partial charge in [-0.25, -0.2) is 9.97 Å². The lowest BCUT2D eigenvalue weighted by Crippen LogP contribution is -2.34. The summed E-state index contributed by atoms with van der Waals surface area (Å²) in [6.45, 7) is 6.80. The van der Waals surface area contributed by atoms with Crippen molar-refractivity contribution < 1.29 is 4.74 Å². The van der Waals surface area contributed by atoms with Gasteiger partial charge in [-0.15, -0.1) is 0 Å². The molecule has 0 N–H and O–H groups in total. The van der Waals surface area contributed by atoms with E-state index in [1.54, 1.807) is 12.7 Å². The van der Waals surface area contributed by atoms with Gasteiger partial charge in [0, 0.05) is 51.1 Å². The molecule has 4 heterocycles. The van der Waals surface area contributed by atoms with Gasteiger partial charge in [-0.2, -0.15) is 5.10 Å². The fourth-order valence-corrected chi connectivity index (χ4v) is 3.56. The summed E-state index contributed by atoms with van der Waals surface area (Å²) in [5.41, 5.74) is 0. The molecule has 7 nitrogen and oxygen atoms in total. The number of imidazole rings is 1. The Hall–Kier alpha value is -1.73. The quantitative estimate of drug-likeness (QED) is 0.829. The Bertz CT molecular complexity index is 589. The third-order valence-corrected chi connectivity index (χ3v) is 4.59. The highest BCUT2D eigenvalue weighted by atomic mass is 16.5. The van der Waals surface area contributed by atoms with Crippen LogP contribution >= 0.6 is 0 Å². The molecule has 0 aliphatic carbocycles. The fourth-order valence-electron chi connectivity index (χ4n) is 3.56. The number of fused-ring (bicyclic) bond motifs is 1. The SMILES string of the molecule is c1cn2c(n1)CN(C[C@@H]1CCOC1)C[C@@H](Cn1cncn1)C2. The Labute approximate surface area is 129 Å². The van der Waals surface area contributed by atoms with Gasteiger partial charge in [-0.05, 0) is 12.3 Å². The first-order chi connectivity index (χ1) is 10.9. The fraction of sp³-hybridized carbons (Fsp3) is 0.667. The molecule has 2 aliphatic rings. The van der Waals surface area contributed by atoms with Crippen molar-refractivity contribution in [2.45, 2.75) is 26.1 Å². The lowest BCUT2D eigenvalue weighted by molar-refractivity contribution is 0.153. The molecule has 118 valence electrons. The van der Waals surface area contributed by atoms with Crippen LogP contribution in [0.15, 0.2) is 25.0 Å². The van der Waals surface area contributed by atoms with Crippen LogP contribution in [0.4, 0.5) is 0 Å². The molecule has 2 atom stereocenters. The Morgan fingerprint density at radius 2 is 2.23 bits per heavy atom. The van der Waals surface area contributed by atoms with E-state index in [2.05, 4.69) is 30.7 Å². The molecule has 7 heteroatoms. The molecule has 2 aliphatic heterocycles. The predicted molar refractivity (Wildman–Crippen MR) is 79.9 cm³/mol. The predicted octanol–water partition coefficient (Wildman–Crippen LogP) is 0.643. The van der Waals surface area contributed by atoms with Crippen LogP contribution in [-0.4, -0.2) is 55.5 Å². The maximum atomic E-state index is 5.53. The smallest absolute Gasteiger partial charge is 0.137 e. The number of hydrogen-bond acceptors (Lipinski definition) is 5. The summed E-state index contributed by atoms with van der Waals surface area (Å²) in [7, 11) is 0. The second kappa shape index (κ2) is 6.18. The molecule has 0 spiro atoms. The summed E-state index contributed by atoms with van der Waals surface area (Å²) < 4.78 is 9.74. The van der Waals surface area contributed by atoms with Crippen LogP contribution in [0.5, 0.6) is 0 Å². The summed E-state index contributed by atoms with van der Waals surface area (Å²) in [4.78, 5) is 11.1. The molecule has 0 saturated carbocycles. The molecular formula is C15H22N6O. The summed E-state index contributed by atoms with van der Waals surface area (Å²) >= 11 is 0. The highest BCUT2D eigenvalue weighted by molar-refractivity contribution is 4.96. The van der Waals surface area contributed by atoms with Crippen molar-refractivity contribution in [3.63, 3.8) is 0 Å². The van der Waals surface area contributed by atoms with Gasteiger partial charge in [0.1, 0.15) is 18.5 Å². The van der Waals surface area contributed by atoms with Gasteiger partial charge in [0.05, 0.1) is 13.2 Å². The molecule has 2 aromatic heterocycles. The molecule has 1 fully saturated rings. The highest BCUT2D eigenvalue weighted by Gasteiger charge is 2.26. The van der Waals surface area contributed by atoms with Crippen molar-refractivity contribution >= 4 is 0 Å². The minimum Gasteiger partial charge on any atom is -0.381 e. The molecular weight excluding hydrogens is 280 g/mol. The van der Waals surface area contributed by atoms with Crippen LogP contribution in [0.2, 0.25) is 0 Å². The first-order valence-electron chi connectivity index (χ1n) is 7.99. The first kappa shape index (κ1) is 13.9. The van der Waals surface area contributed by atoms with Crippen LogP contribution in [-0.2, 0) is 24.4 Å². The van der Waals surface area contributed by atoms with Crippen molar-refractivity contribution in [2.24, 2.45) is 11.8 Å². The number of aromatic nitrogens is 5. The zero-order chi connectivity index (χ0) is 14.8. The Kier molecular flexibility index (Phi) is 3.90. The largest absolute Gasteiger partial charge is 0.381 e. The van der Waals surface area contributed by atoms with Gasteiger partial charge >= 0.3 is 0 Å². The first-order valence-corrected chi connectivity index (χ1v) is 7.99. The summed E-state index contributed by atoms with van der Waals surface area (Å²) in [5.74, 6) is 2.34. The topological polar surface area (TPSA) is 61.0 Å². The highest BCUT2D eigenvalue weighted by Crippen LogP contribution is 2.20. The third-order valence-electron chi connectivity index (χ3n) is 4.59. The van der Waals surface area contributed by atoms with Crippen LogP contribution in [0.1, 0.15) is 12.2 Å². The maximum absolute atomic E-state index is 5.53. The monoisotopic (exact) mass is 302 g/mol. The number of ether oxygens (including phenoxy) is 1. The van der Waals surface area contributed by atoms with Crippen molar-refractivity contribution in [1.82, 2.24) is 29.2 Å². The number of rotatable bonds is 4. The van der Waals surface area contributed by atoms with Gasteiger partial charge in [0.15, 0.2) is 0 Å². The van der Waals surface area contributed by atoms with Crippen molar-refractivity contribution in [1.29, 1.82) is 0 Å². The zero-order valence-electron chi connectivity index (χ0n) is 12.7. The van der Waals surface area contributed by atoms with Gasteiger partial charge in [0.25, 0.3) is 0 Å². The molecule has 1 saturated heterocycles. The summed E-state index contributed by atoms with van der Waals surface area (Å²) in [6.07, 6.45) is 8.58. The molecule has 0 unspecified atom stereocenters. The average molecular weight is 302 g/mol. The van der Waals surface area contributed by atoms with E-state index in [4.69, 9.17) is 4.74 Å². The van der Waals surface area contributed by atoms with E-state index >= 15 is 0 Å². The van der Waals surface area contributed by atoms with E-state index in [-0.39, 0.29) is 0 Å². The summed E-state index contributed by atoms with van der Waals surface area (Å²) in [5, 5.41) is 4.26. The van der Waals surface area contributed by atoms with Crippen molar-refractivity contribution in [2.75, 3.05) is 26.3 Å². The van der Waals surface area contributed by atoms with Gasteiger partial charge in [-0.3, -0.25) is 9.58 Å². The standard InChI is InChI=1S/C15H22N6O/c1-4-22-10-13(1)5-19-6-14(8-21-12-16-11-18-21)7-20-3-2-17-15(20)9-19/h2-3,11-14H,1,4-10H2/t13-,14+/m0/s1. The lowest BCUT2D eigenvalue weighted by atomic mass is 10.1. The third kappa shape index (κ3) is 3.05. The number of hydrogen-bond donors (Lipinski definition) is 0. The molecule has 2 aromatic rings. The molecule has 0 amide bonds. The van der Waals surface area contributed by atoms with E-state index in [1.165, 1.54) is 12.2 Å². The van der Waals surface area contributed by atoms with Crippen LogP contribution in [0.25, 0.3) is 0 Å². The average Bonchev–Trinajstić information content (AvgIpc) is 3.22. The van der Waals surface area contributed by atoms with E-state index in [9.17, 15) is 0 Å². The van der Waals surface area contributed by atoms with E-state index < -0.39 is 0 Å². The normalized spacial score (nSPS) is 26.0. The maximum Gasteiger partial charge on any atom is 0.137 e. The minimum atomic E-state index is 0.513. The Morgan fingerprint density at radius 3 is 3.05 bits per heavy atom. The van der Waals surface area contributed by atoms with Gasteiger partial charge in [0.2, 0.25) is 0 Å². The zero-order valence-corrected chi connectivity index (χ0v) is 12.7. The summed E-state index contributed by atoms with van der Waals surface area (Å²) in [6, 6.07) is 0. The van der Waals surface area contributed by atoms with Crippen LogP contribution in [0.3, 0.4) is 0 Å². The molecule has 0 aromatic carbocycles. The van der Waals surface area contributed by atoms with Crippen LogP contribution < -0.4 is 0 Å². The second-order valence-corrected chi connectivity index (χ2v) is 6.40. The molecule has 0 bridgehead atoms. The Morgan fingerprint density at radius 1 is 1.23 bits per heavy atom. The van der Waals surface area contributed by atoms with Crippen LogP contribution in [0, 0.1) is 11.8 Å². The minimum absolute atomic E-state index is 0.513. The number of nitrogens with zero attached hydrogens (tertiary/aromatic N) is 6. The van der Waals surface area contributed by atoms with E-state index in [1.807, 2.05) is 10.9 Å². The lowest BCUT2D eigenvalue weighted by Gasteiger charge is -2.25. The van der Waals surface area contributed by atoms with Crippen molar-refractivity contribution in [3.8, 4) is 0 Å². The Balaban J connectivity index is 1.49. The van der Waals surface area contributed by atoms with Gasteiger partial charge < -0.3 is 9.30 Å². The van der Waals surface area contributed by atoms with Crippen molar-refractivity contribution in [3.05, 3.63) is 30.9 Å². The van der Waals surface area contributed by atoms with Gasteiger partial charge in [-0.1, -0.05) is 0 Å².